The molecule has 248 valence electrons. The molecule has 2 saturated heterocycles. The Bertz CT molecular complexity index is 1450. The standard InChI is InChI=1S/C38H49BrN2O5/c1-4-8-25(19-27-20-28(39)12-14-33(27)43)11-13-34(44)35-30(24(2)3)21-31-36(32(35)23-42)38(46)41(37(31)45)29-15-17-40(18-16-29)22-26-9-6-5-7-10-26/h5-7,9-10,12,14,19-20,24,29,31-32,34,36,42-44H,4,8,11,13,15-18,21-23H2,1-3H3/b25-19+/t31-,32+,34-,36-/m1/s1. The van der Waals surface area contributed by atoms with E-state index in [9.17, 15) is 24.9 Å². The van der Waals surface area contributed by atoms with Crippen LogP contribution in [0.25, 0.3) is 6.08 Å². The minimum absolute atomic E-state index is 0.0714. The Morgan fingerprint density at radius 1 is 1.04 bits per heavy atom. The maximum absolute atomic E-state index is 14.1. The van der Waals surface area contributed by atoms with Gasteiger partial charge in [0.25, 0.3) is 0 Å². The van der Waals surface area contributed by atoms with Crippen LogP contribution in [0, 0.1) is 23.7 Å². The van der Waals surface area contributed by atoms with Gasteiger partial charge in [-0.05, 0) is 73.8 Å². The number of aromatic hydroxyl groups is 1. The maximum atomic E-state index is 14.1. The number of carbonyl (C=O) groups excluding carboxylic acids is 2. The Morgan fingerprint density at radius 2 is 1.76 bits per heavy atom. The third-order valence-electron chi connectivity index (χ3n) is 10.2. The van der Waals surface area contributed by atoms with Crippen molar-refractivity contribution in [3.8, 4) is 5.75 Å². The second kappa shape index (κ2) is 15.4. The van der Waals surface area contributed by atoms with Crippen molar-refractivity contribution in [1.82, 2.24) is 9.80 Å². The molecule has 5 rings (SSSR count). The van der Waals surface area contributed by atoms with Crippen molar-refractivity contribution in [2.24, 2.45) is 23.7 Å². The number of nitrogens with zero attached hydrogens (tertiary/aromatic N) is 2. The van der Waals surface area contributed by atoms with E-state index in [2.05, 4.69) is 53.7 Å². The van der Waals surface area contributed by atoms with Crippen molar-refractivity contribution < 1.29 is 24.9 Å². The number of allylic oxidation sites excluding steroid dienone is 2. The Hall–Kier alpha value is -2.78. The van der Waals surface area contributed by atoms with Crippen molar-refractivity contribution in [3.63, 3.8) is 0 Å². The van der Waals surface area contributed by atoms with Crippen LogP contribution in [0.5, 0.6) is 5.75 Å². The lowest BCUT2D eigenvalue weighted by Crippen LogP contribution is -2.47. The van der Waals surface area contributed by atoms with E-state index in [1.807, 2.05) is 30.3 Å². The fourth-order valence-electron chi connectivity index (χ4n) is 7.93. The van der Waals surface area contributed by atoms with Crippen LogP contribution in [-0.2, 0) is 16.1 Å². The lowest BCUT2D eigenvalue weighted by molar-refractivity contribution is -0.144. The highest BCUT2D eigenvalue weighted by Crippen LogP contribution is 2.49. The average molecular weight is 694 g/mol. The quantitative estimate of drug-likeness (QED) is 0.169. The van der Waals surface area contributed by atoms with Gasteiger partial charge in [0, 0.05) is 41.6 Å². The number of benzene rings is 2. The van der Waals surface area contributed by atoms with Crippen molar-refractivity contribution in [2.75, 3.05) is 19.7 Å². The van der Waals surface area contributed by atoms with Crippen LogP contribution < -0.4 is 0 Å². The van der Waals surface area contributed by atoms with Crippen molar-refractivity contribution in [3.05, 3.63) is 80.8 Å². The van der Waals surface area contributed by atoms with Gasteiger partial charge in [-0.25, -0.2) is 0 Å². The summed E-state index contributed by atoms with van der Waals surface area (Å²) in [6.45, 7) is 8.45. The minimum atomic E-state index is -0.843. The second-order valence-electron chi connectivity index (χ2n) is 13.6. The summed E-state index contributed by atoms with van der Waals surface area (Å²) in [5.74, 6) is -1.73. The van der Waals surface area contributed by atoms with Crippen LogP contribution in [0.15, 0.2) is 69.7 Å². The zero-order valence-electron chi connectivity index (χ0n) is 27.4. The summed E-state index contributed by atoms with van der Waals surface area (Å²) in [5, 5.41) is 32.9. The lowest BCUT2D eigenvalue weighted by atomic mass is 9.66. The van der Waals surface area contributed by atoms with Crippen LogP contribution in [-0.4, -0.2) is 68.8 Å². The molecule has 0 unspecified atom stereocenters. The van der Waals surface area contributed by atoms with Gasteiger partial charge < -0.3 is 15.3 Å². The van der Waals surface area contributed by atoms with Gasteiger partial charge in [-0.1, -0.05) is 90.7 Å². The van der Waals surface area contributed by atoms with Gasteiger partial charge in [0.05, 0.1) is 24.5 Å². The number of piperidine rings is 1. The SMILES string of the molecule is CCC/C(=C\c1cc(Br)ccc1O)CC[C@@H](O)C1=C(C(C)C)C[C@H]2C(=O)N(C3CCN(Cc4ccccc4)CC3)C(=O)[C@H]2[C@H]1CO. The highest BCUT2D eigenvalue weighted by atomic mass is 79.9. The topological polar surface area (TPSA) is 101 Å². The molecule has 2 heterocycles. The molecule has 2 amide bonds. The number of aliphatic hydroxyl groups is 2. The number of halogens is 1. The molecule has 2 aliphatic heterocycles. The zero-order chi connectivity index (χ0) is 33.0. The minimum Gasteiger partial charge on any atom is -0.507 e. The van der Waals surface area contributed by atoms with Gasteiger partial charge in [0.2, 0.25) is 11.8 Å². The fraction of sp³-hybridized carbons (Fsp3) is 0.526. The van der Waals surface area contributed by atoms with Gasteiger partial charge in [-0.2, -0.15) is 0 Å². The van der Waals surface area contributed by atoms with Crippen molar-refractivity contribution in [2.45, 2.75) is 84.4 Å². The van der Waals surface area contributed by atoms with Crippen LogP contribution in [0.1, 0.15) is 76.8 Å². The van der Waals surface area contributed by atoms with E-state index in [1.165, 1.54) is 10.5 Å². The third-order valence-corrected chi connectivity index (χ3v) is 10.7. The first-order valence-electron chi connectivity index (χ1n) is 17.0. The summed E-state index contributed by atoms with van der Waals surface area (Å²) in [6.07, 6.45) is 5.89. The number of hydrogen-bond donors (Lipinski definition) is 3. The number of likely N-dealkylation sites (tertiary alicyclic amines) is 2. The number of carbonyl (C=O) groups is 2. The van der Waals surface area contributed by atoms with E-state index in [1.54, 1.807) is 12.1 Å². The molecular formula is C38H49BrN2O5. The molecule has 0 bridgehead atoms. The normalized spacial score (nSPS) is 23.8. The van der Waals surface area contributed by atoms with Crippen molar-refractivity contribution in [1.29, 1.82) is 0 Å². The number of fused-ring (bicyclic) bond motifs is 1. The van der Waals surface area contributed by atoms with Gasteiger partial charge in [0.1, 0.15) is 5.75 Å². The number of amides is 2. The Labute approximate surface area is 282 Å². The molecule has 0 saturated carbocycles. The van der Waals surface area contributed by atoms with Crippen LogP contribution in [0.3, 0.4) is 0 Å². The van der Waals surface area contributed by atoms with Gasteiger partial charge in [0.15, 0.2) is 0 Å². The number of hydrogen-bond acceptors (Lipinski definition) is 6. The highest BCUT2D eigenvalue weighted by molar-refractivity contribution is 9.10. The van der Waals surface area contributed by atoms with Crippen LogP contribution in [0.4, 0.5) is 0 Å². The largest absolute Gasteiger partial charge is 0.507 e. The number of phenolic OH excluding ortho intramolecular Hbond substituents is 1. The molecule has 0 aromatic heterocycles. The molecule has 4 atom stereocenters. The summed E-state index contributed by atoms with van der Waals surface area (Å²) in [4.78, 5) is 31.9. The Morgan fingerprint density at radius 3 is 2.41 bits per heavy atom. The lowest BCUT2D eigenvalue weighted by Gasteiger charge is -2.38. The first-order valence-corrected chi connectivity index (χ1v) is 17.7. The maximum Gasteiger partial charge on any atom is 0.234 e. The average Bonchev–Trinajstić information content (AvgIpc) is 3.30. The summed E-state index contributed by atoms with van der Waals surface area (Å²) >= 11 is 3.48. The molecule has 2 aromatic carbocycles. The smallest absolute Gasteiger partial charge is 0.234 e. The predicted octanol–water partition coefficient (Wildman–Crippen LogP) is 6.71. The highest BCUT2D eigenvalue weighted by Gasteiger charge is 2.56. The molecule has 3 N–H and O–H groups in total. The van der Waals surface area contributed by atoms with Crippen molar-refractivity contribution >= 4 is 33.8 Å². The van der Waals surface area contributed by atoms with Gasteiger partial charge in [-0.3, -0.25) is 19.4 Å². The van der Waals surface area contributed by atoms with E-state index < -0.39 is 23.9 Å². The van der Waals surface area contributed by atoms with E-state index in [-0.39, 0.29) is 36.1 Å². The number of aliphatic hydroxyl groups excluding tert-OH is 2. The number of rotatable bonds is 12. The molecule has 1 aliphatic carbocycles. The molecule has 46 heavy (non-hydrogen) atoms. The van der Waals surface area contributed by atoms with Gasteiger partial charge in [-0.15, -0.1) is 0 Å². The number of phenols is 1. The monoisotopic (exact) mass is 692 g/mol. The molecule has 0 spiro atoms. The third kappa shape index (κ3) is 7.51. The fourth-order valence-corrected chi connectivity index (χ4v) is 8.31. The summed E-state index contributed by atoms with van der Waals surface area (Å²) in [5.41, 5.74) is 4.85. The zero-order valence-corrected chi connectivity index (χ0v) is 29.0. The molecule has 8 heteroatoms. The van der Waals surface area contributed by atoms with Crippen LogP contribution >= 0.6 is 15.9 Å². The predicted molar refractivity (Wildman–Crippen MR) is 185 cm³/mol. The van der Waals surface area contributed by atoms with Gasteiger partial charge >= 0.3 is 0 Å². The first kappa shape index (κ1) is 34.6. The molecule has 0 radical (unpaired) electrons. The summed E-state index contributed by atoms with van der Waals surface area (Å²) in [7, 11) is 0. The second-order valence-corrected chi connectivity index (χ2v) is 14.5. The Balaban J connectivity index is 1.31. The molecule has 3 aliphatic rings. The van der Waals surface area contributed by atoms with Crippen LogP contribution in [0.2, 0.25) is 0 Å². The van der Waals surface area contributed by atoms with E-state index in [4.69, 9.17) is 0 Å². The summed E-state index contributed by atoms with van der Waals surface area (Å²) in [6, 6.07) is 15.6. The number of imide groups is 1. The van der Waals surface area contributed by atoms with E-state index >= 15 is 0 Å². The first-order chi connectivity index (χ1) is 22.1. The Kier molecular flexibility index (Phi) is 11.6. The van der Waals surface area contributed by atoms with E-state index in [0.717, 1.165) is 72.1 Å². The summed E-state index contributed by atoms with van der Waals surface area (Å²) < 4.78 is 0.879. The molecule has 7 nitrogen and oxygen atoms in total. The van der Waals surface area contributed by atoms with E-state index in [0.29, 0.717) is 19.3 Å². The molecular weight excluding hydrogens is 644 g/mol. The molecule has 2 aromatic rings. The molecule has 2 fully saturated rings.